The topological polar surface area (TPSA) is 29.5 Å². The van der Waals surface area contributed by atoms with Crippen molar-refractivity contribution in [3.63, 3.8) is 0 Å². The van der Waals surface area contributed by atoms with Gasteiger partial charge >= 0.3 is 6.41 Å². The number of carbonyl (C=O) groups excluding carboxylic acids is 1. The van der Waals surface area contributed by atoms with Crippen LogP contribution in [0.15, 0.2) is 0 Å². The number of nitrogens with zero attached hydrogens (tertiary/aromatic N) is 1. The molecule has 3 heteroatoms. The van der Waals surface area contributed by atoms with Crippen molar-refractivity contribution in [1.82, 2.24) is 4.90 Å². The average molecular weight is 158 g/mol. The quantitative estimate of drug-likeness (QED) is 0.405. The van der Waals surface area contributed by atoms with Crippen molar-refractivity contribution in [2.75, 3.05) is 26.3 Å². The summed E-state index contributed by atoms with van der Waals surface area (Å²) in [5.74, 6) is 0. The normalized spacial score (nSPS) is 9.64. The van der Waals surface area contributed by atoms with Crippen LogP contribution in [0.3, 0.4) is 0 Å². The minimum Gasteiger partial charge on any atom is -0.380 e. The van der Waals surface area contributed by atoms with Crippen molar-refractivity contribution in [3.05, 3.63) is 0 Å². The van der Waals surface area contributed by atoms with Gasteiger partial charge in [-0.1, -0.05) is 6.92 Å². The Morgan fingerprint density at radius 2 is 2.09 bits per heavy atom. The first kappa shape index (κ1) is 10.4. The van der Waals surface area contributed by atoms with Crippen LogP contribution in [0.4, 0.5) is 0 Å². The van der Waals surface area contributed by atoms with Gasteiger partial charge in [-0.2, -0.15) is 0 Å². The van der Waals surface area contributed by atoms with Gasteiger partial charge in [-0.15, -0.1) is 0 Å². The summed E-state index contributed by atoms with van der Waals surface area (Å²) < 4.78 is 5.09. The minimum atomic E-state index is 0.617. The molecule has 1 amide bonds. The maximum absolute atomic E-state index is 10.2. The van der Waals surface area contributed by atoms with Crippen LogP contribution in [0.1, 0.15) is 20.3 Å². The van der Waals surface area contributed by atoms with Gasteiger partial charge in [0.05, 0.1) is 6.61 Å². The van der Waals surface area contributed by atoms with Crippen molar-refractivity contribution in [2.45, 2.75) is 20.3 Å². The largest absolute Gasteiger partial charge is 0.380 e. The van der Waals surface area contributed by atoms with Gasteiger partial charge in [0.1, 0.15) is 0 Å². The van der Waals surface area contributed by atoms with Crippen molar-refractivity contribution in [2.24, 2.45) is 0 Å². The van der Waals surface area contributed by atoms with E-state index in [1.165, 1.54) is 0 Å². The molecule has 0 bridgehead atoms. The molecule has 0 fully saturated rings. The molecule has 11 heavy (non-hydrogen) atoms. The zero-order valence-corrected chi connectivity index (χ0v) is 7.30. The zero-order valence-electron chi connectivity index (χ0n) is 7.30. The second-order valence-corrected chi connectivity index (χ2v) is 2.28. The fourth-order valence-corrected chi connectivity index (χ4v) is 0.792. The molecule has 0 aliphatic rings. The lowest BCUT2D eigenvalue weighted by atomic mass is 10.4. The van der Waals surface area contributed by atoms with Gasteiger partial charge in [-0.3, -0.25) is 4.79 Å². The Balaban J connectivity index is 3.28. The van der Waals surface area contributed by atoms with Crippen LogP contribution in [-0.2, 0) is 9.53 Å². The third-order valence-electron chi connectivity index (χ3n) is 1.33. The monoisotopic (exact) mass is 158 g/mol. The molecule has 0 unspecified atom stereocenters. The Hall–Kier alpha value is -0.570. The molecule has 0 aliphatic heterocycles. The fraction of sp³-hybridized carbons (Fsp3) is 0.875. The summed E-state index contributed by atoms with van der Waals surface area (Å²) in [6, 6.07) is 0. The minimum absolute atomic E-state index is 0.617. The Labute approximate surface area is 68.3 Å². The van der Waals surface area contributed by atoms with Crippen LogP contribution < -0.4 is 0 Å². The smallest absolute Gasteiger partial charge is 0.312 e. The summed E-state index contributed by atoms with van der Waals surface area (Å²) in [7, 11) is 0. The standard InChI is InChI=1S/C8H16NO2/c1-3-5-9(8-10)6-7-11-4-2/h3-7H2,1-2H3. The number of hydrogen-bond acceptors (Lipinski definition) is 2. The second kappa shape index (κ2) is 7.54. The van der Waals surface area contributed by atoms with Crippen molar-refractivity contribution >= 4 is 6.41 Å². The Morgan fingerprint density at radius 1 is 1.36 bits per heavy atom. The summed E-state index contributed by atoms with van der Waals surface area (Å²) in [4.78, 5) is 11.8. The number of hydrogen-bond donors (Lipinski definition) is 0. The molecule has 0 aliphatic carbocycles. The molecule has 0 saturated heterocycles. The summed E-state index contributed by atoms with van der Waals surface area (Å²) in [6.45, 7) is 6.73. The molecule has 0 rings (SSSR count). The van der Waals surface area contributed by atoms with Crippen LogP contribution in [0.5, 0.6) is 0 Å². The van der Waals surface area contributed by atoms with E-state index in [1.807, 2.05) is 20.3 Å². The maximum Gasteiger partial charge on any atom is 0.312 e. The van der Waals surface area contributed by atoms with E-state index in [4.69, 9.17) is 4.74 Å². The maximum atomic E-state index is 10.2. The predicted molar refractivity (Wildman–Crippen MR) is 44.1 cm³/mol. The molecule has 0 spiro atoms. The zero-order chi connectivity index (χ0) is 8.53. The highest BCUT2D eigenvalue weighted by Gasteiger charge is 1.98. The van der Waals surface area contributed by atoms with E-state index < -0.39 is 0 Å². The average Bonchev–Trinajstić information content (AvgIpc) is 2.03. The Kier molecular flexibility index (Phi) is 7.15. The summed E-state index contributed by atoms with van der Waals surface area (Å²) >= 11 is 0. The van der Waals surface area contributed by atoms with E-state index in [2.05, 4.69) is 0 Å². The first-order valence-electron chi connectivity index (χ1n) is 4.05. The second-order valence-electron chi connectivity index (χ2n) is 2.28. The molecule has 0 aromatic carbocycles. The third kappa shape index (κ3) is 5.85. The van der Waals surface area contributed by atoms with Gasteiger partial charge in [-0.05, 0) is 13.3 Å². The van der Waals surface area contributed by atoms with Gasteiger partial charge in [0.15, 0.2) is 0 Å². The van der Waals surface area contributed by atoms with E-state index in [1.54, 1.807) is 4.90 Å². The molecule has 65 valence electrons. The lowest BCUT2D eigenvalue weighted by molar-refractivity contribution is 0.131. The Morgan fingerprint density at radius 3 is 2.55 bits per heavy atom. The summed E-state index contributed by atoms with van der Waals surface area (Å²) in [6.07, 6.45) is 2.84. The van der Waals surface area contributed by atoms with Crippen molar-refractivity contribution in [1.29, 1.82) is 0 Å². The van der Waals surface area contributed by atoms with Crippen molar-refractivity contribution < 1.29 is 9.53 Å². The molecule has 3 nitrogen and oxygen atoms in total. The van der Waals surface area contributed by atoms with Gasteiger partial charge in [0, 0.05) is 19.7 Å². The van der Waals surface area contributed by atoms with Crippen LogP contribution in [-0.4, -0.2) is 37.6 Å². The van der Waals surface area contributed by atoms with Gasteiger partial charge in [0.2, 0.25) is 0 Å². The number of rotatable bonds is 7. The molecule has 0 aromatic rings. The van der Waals surface area contributed by atoms with E-state index >= 15 is 0 Å². The highest BCUT2D eigenvalue weighted by Crippen LogP contribution is 1.86. The van der Waals surface area contributed by atoms with Gasteiger partial charge < -0.3 is 9.64 Å². The molecule has 0 aromatic heterocycles. The molecule has 0 N–H and O–H groups in total. The lowest BCUT2D eigenvalue weighted by Crippen LogP contribution is -2.26. The van der Waals surface area contributed by atoms with E-state index in [0.717, 1.165) is 13.0 Å². The highest BCUT2D eigenvalue weighted by molar-refractivity contribution is 5.47. The SMILES string of the molecule is CCCN([C]=O)CCOCC. The van der Waals surface area contributed by atoms with Crippen LogP contribution in [0.2, 0.25) is 0 Å². The third-order valence-corrected chi connectivity index (χ3v) is 1.33. The molecule has 0 atom stereocenters. The number of amides is 1. The summed E-state index contributed by atoms with van der Waals surface area (Å²) in [5.41, 5.74) is 0. The first-order valence-corrected chi connectivity index (χ1v) is 4.05. The molecule has 0 saturated carbocycles. The van der Waals surface area contributed by atoms with E-state index in [9.17, 15) is 4.79 Å². The van der Waals surface area contributed by atoms with Crippen LogP contribution in [0, 0.1) is 0 Å². The fourth-order valence-electron chi connectivity index (χ4n) is 0.792. The number of ether oxygens (including phenoxy) is 1. The molecular formula is C8H16NO2. The lowest BCUT2D eigenvalue weighted by Gasteiger charge is -2.14. The molecule has 1 radical (unpaired) electrons. The Bertz CT molecular complexity index is 96.1. The molecule has 0 heterocycles. The predicted octanol–water partition coefficient (Wildman–Crippen LogP) is 0.802. The van der Waals surface area contributed by atoms with E-state index in [0.29, 0.717) is 19.8 Å². The molecular weight excluding hydrogens is 142 g/mol. The highest BCUT2D eigenvalue weighted by atomic mass is 16.5. The van der Waals surface area contributed by atoms with Gasteiger partial charge in [0.25, 0.3) is 0 Å². The first-order chi connectivity index (χ1) is 5.35. The van der Waals surface area contributed by atoms with Crippen LogP contribution in [0.25, 0.3) is 0 Å². The van der Waals surface area contributed by atoms with Crippen molar-refractivity contribution in [3.8, 4) is 0 Å². The van der Waals surface area contributed by atoms with Crippen LogP contribution >= 0.6 is 0 Å². The summed E-state index contributed by atoms with van der Waals surface area (Å²) in [5, 5.41) is 0. The van der Waals surface area contributed by atoms with E-state index in [-0.39, 0.29) is 0 Å². The van der Waals surface area contributed by atoms with Gasteiger partial charge in [-0.25, -0.2) is 0 Å².